The highest BCUT2D eigenvalue weighted by molar-refractivity contribution is 7.92. The molecule has 0 aliphatic carbocycles. The lowest BCUT2D eigenvalue weighted by Crippen LogP contribution is -2.52. The highest BCUT2D eigenvalue weighted by atomic mass is 32.2. The van der Waals surface area contributed by atoms with Crippen LogP contribution in [0, 0.1) is 13.8 Å². The van der Waals surface area contributed by atoms with Gasteiger partial charge >= 0.3 is 0 Å². The SMILES string of the molecule is CCC(C)NC(=O)C(C)N(Cc1cccc(OC)c1)C(=O)CN(c1cc(C)ccc1OC)S(=O)(=O)c1ccc(C)cc1. The van der Waals surface area contributed by atoms with E-state index in [1.807, 2.05) is 33.8 Å². The van der Waals surface area contributed by atoms with E-state index in [0.29, 0.717) is 11.5 Å². The van der Waals surface area contributed by atoms with Crippen LogP contribution < -0.4 is 19.1 Å². The van der Waals surface area contributed by atoms with Crippen LogP contribution in [0.3, 0.4) is 0 Å². The molecule has 0 fully saturated rings. The van der Waals surface area contributed by atoms with Gasteiger partial charge in [-0.2, -0.15) is 0 Å². The standard InChI is InChI=1S/C32H41N3O6S/c1-8-24(4)33-32(37)25(5)34(20-26-10-9-11-27(19-26)40-6)31(36)21-35(29-18-23(3)14-17-30(29)41-7)42(38,39)28-15-12-22(2)13-16-28/h9-19,24-25H,8,20-21H2,1-7H3,(H,33,37). The van der Waals surface area contributed by atoms with Gasteiger partial charge in [-0.1, -0.05) is 42.8 Å². The van der Waals surface area contributed by atoms with E-state index < -0.39 is 28.5 Å². The van der Waals surface area contributed by atoms with Gasteiger partial charge in [0.2, 0.25) is 11.8 Å². The number of benzene rings is 3. The third-order valence-electron chi connectivity index (χ3n) is 7.15. The molecular formula is C32H41N3O6S. The van der Waals surface area contributed by atoms with Crippen LogP contribution in [-0.4, -0.2) is 58.0 Å². The average molecular weight is 596 g/mol. The Hall–Kier alpha value is -4.05. The first-order chi connectivity index (χ1) is 19.9. The summed E-state index contributed by atoms with van der Waals surface area (Å²) in [6, 6.07) is 17.8. The molecule has 0 saturated heterocycles. The Morgan fingerprint density at radius 3 is 2.19 bits per heavy atom. The fraction of sp³-hybridized carbons (Fsp3) is 0.375. The van der Waals surface area contributed by atoms with Crippen molar-refractivity contribution in [2.75, 3.05) is 25.1 Å². The summed E-state index contributed by atoms with van der Waals surface area (Å²) >= 11 is 0. The average Bonchev–Trinajstić information content (AvgIpc) is 2.98. The number of amides is 2. The highest BCUT2D eigenvalue weighted by Crippen LogP contribution is 2.34. The summed E-state index contributed by atoms with van der Waals surface area (Å²) in [7, 11) is -1.22. The second-order valence-electron chi connectivity index (χ2n) is 10.4. The van der Waals surface area contributed by atoms with E-state index >= 15 is 0 Å². The van der Waals surface area contributed by atoms with E-state index in [0.717, 1.165) is 27.4 Å². The van der Waals surface area contributed by atoms with Crippen LogP contribution in [-0.2, 0) is 26.2 Å². The maximum atomic E-state index is 14.2. The molecule has 0 spiro atoms. The number of aryl methyl sites for hydroxylation is 2. The number of nitrogens with one attached hydrogen (secondary N) is 1. The molecule has 10 heteroatoms. The van der Waals surface area contributed by atoms with Gasteiger partial charge in [-0.25, -0.2) is 8.42 Å². The van der Waals surface area contributed by atoms with Crippen LogP contribution in [0.1, 0.15) is 43.9 Å². The van der Waals surface area contributed by atoms with Crippen molar-refractivity contribution < 1.29 is 27.5 Å². The Kier molecular flexibility index (Phi) is 11.0. The van der Waals surface area contributed by atoms with Crippen LogP contribution >= 0.6 is 0 Å². The zero-order chi connectivity index (χ0) is 31.0. The zero-order valence-corrected chi connectivity index (χ0v) is 26.2. The Bertz CT molecular complexity index is 1490. The fourth-order valence-corrected chi connectivity index (χ4v) is 5.78. The number of carbonyl (C=O) groups excluding carboxylic acids is 2. The minimum absolute atomic E-state index is 0.0337. The van der Waals surface area contributed by atoms with Gasteiger partial charge in [0.1, 0.15) is 24.1 Å². The number of ether oxygens (including phenoxy) is 2. The van der Waals surface area contributed by atoms with Crippen molar-refractivity contribution >= 4 is 27.5 Å². The van der Waals surface area contributed by atoms with Gasteiger partial charge < -0.3 is 19.7 Å². The monoisotopic (exact) mass is 595 g/mol. The summed E-state index contributed by atoms with van der Waals surface area (Å²) in [5, 5.41) is 2.94. The number of hydrogen-bond acceptors (Lipinski definition) is 6. The molecule has 2 unspecified atom stereocenters. The molecule has 0 bridgehead atoms. The topological polar surface area (TPSA) is 105 Å². The van der Waals surface area contributed by atoms with Gasteiger partial charge in [-0.3, -0.25) is 13.9 Å². The van der Waals surface area contributed by atoms with Gasteiger partial charge in [0, 0.05) is 12.6 Å². The fourth-order valence-electron chi connectivity index (χ4n) is 4.36. The van der Waals surface area contributed by atoms with Crippen molar-refractivity contribution in [1.82, 2.24) is 10.2 Å². The Balaban J connectivity index is 2.10. The highest BCUT2D eigenvalue weighted by Gasteiger charge is 2.34. The molecule has 3 aromatic carbocycles. The molecule has 0 aliphatic rings. The van der Waals surface area contributed by atoms with E-state index in [4.69, 9.17) is 9.47 Å². The molecule has 226 valence electrons. The Labute approximate surface area is 249 Å². The molecule has 3 aromatic rings. The first-order valence-corrected chi connectivity index (χ1v) is 15.3. The molecule has 0 aliphatic heterocycles. The molecule has 9 nitrogen and oxygen atoms in total. The molecule has 3 rings (SSSR count). The normalized spacial score (nSPS) is 12.6. The predicted octanol–water partition coefficient (Wildman–Crippen LogP) is 4.85. The number of carbonyl (C=O) groups is 2. The molecule has 0 aromatic heterocycles. The molecule has 0 heterocycles. The van der Waals surface area contributed by atoms with Crippen LogP contribution in [0.5, 0.6) is 11.5 Å². The molecule has 42 heavy (non-hydrogen) atoms. The van der Waals surface area contributed by atoms with Crippen molar-refractivity contribution in [2.45, 2.75) is 64.6 Å². The summed E-state index contributed by atoms with van der Waals surface area (Å²) in [6.07, 6.45) is 0.720. The van der Waals surface area contributed by atoms with E-state index in [1.165, 1.54) is 24.1 Å². The van der Waals surface area contributed by atoms with E-state index in [2.05, 4.69) is 5.32 Å². The first-order valence-electron chi connectivity index (χ1n) is 13.9. The largest absolute Gasteiger partial charge is 0.497 e. The number of methoxy groups -OCH3 is 2. The van der Waals surface area contributed by atoms with Gasteiger partial charge in [0.15, 0.2) is 0 Å². The number of sulfonamides is 1. The van der Waals surface area contributed by atoms with E-state index in [-0.39, 0.29) is 29.1 Å². The van der Waals surface area contributed by atoms with Crippen molar-refractivity contribution in [3.05, 3.63) is 83.4 Å². The molecule has 2 amide bonds. The maximum absolute atomic E-state index is 14.2. The number of hydrogen-bond donors (Lipinski definition) is 1. The Morgan fingerprint density at radius 1 is 0.905 bits per heavy atom. The number of nitrogens with zero attached hydrogens (tertiary/aromatic N) is 2. The van der Waals surface area contributed by atoms with Crippen LogP contribution in [0.25, 0.3) is 0 Å². The van der Waals surface area contributed by atoms with Gasteiger partial charge in [0.05, 0.1) is 24.8 Å². The lowest BCUT2D eigenvalue weighted by Gasteiger charge is -2.33. The van der Waals surface area contributed by atoms with Crippen LogP contribution in [0.15, 0.2) is 71.6 Å². The van der Waals surface area contributed by atoms with E-state index in [9.17, 15) is 18.0 Å². The molecular weight excluding hydrogens is 554 g/mol. The number of anilines is 1. The van der Waals surface area contributed by atoms with Crippen molar-refractivity contribution in [1.29, 1.82) is 0 Å². The molecule has 0 radical (unpaired) electrons. The summed E-state index contributed by atoms with van der Waals surface area (Å²) in [6.45, 7) is 8.69. The van der Waals surface area contributed by atoms with Crippen molar-refractivity contribution in [3.63, 3.8) is 0 Å². The third kappa shape index (κ3) is 7.82. The van der Waals surface area contributed by atoms with Gasteiger partial charge in [0.25, 0.3) is 10.0 Å². The van der Waals surface area contributed by atoms with Crippen molar-refractivity contribution in [2.24, 2.45) is 0 Å². The molecule has 1 N–H and O–H groups in total. The lowest BCUT2D eigenvalue weighted by atomic mass is 10.1. The van der Waals surface area contributed by atoms with Crippen molar-refractivity contribution in [3.8, 4) is 11.5 Å². The second-order valence-corrected chi connectivity index (χ2v) is 12.2. The molecule has 0 saturated carbocycles. The smallest absolute Gasteiger partial charge is 0.264 e. The summed E-state index contributed by atoms with van der Waals surface area (Å²) in [5.41, 5.74) is 2.64. The first kappa shape index (κ1) is 32.5. The summed E-state index contributed by atoms with van der Waals surface area (Å²) < 4.78 is 40.2. The second kappa shape index (κ2) is 14.2. The summed E-state index contributed by atoms with van der Waals surface area (Å²) in [4.78, 5) is 28.8. The lowest BCUT2D eigenvalue weighted by molar-refractivity contribution is -0.139. The maximum Gasteiger partial charge on any atom is 0.264 e. The predicted molar refractivity (Wildman–Crippen MR) is 164 cm³/mol. The van der Waals surface area contributed by atoms with Gasteiger partial charge in [-0.15, -0.1) is 0 Å². The minimum Gasteiger partial charge on any atom is -0.497 e. The minimum atomic E-state index is -4.22. The van der Waals surface area contributed by atoms with E-state index in [1.54, 1.807) is 62.6 Å². The van der Waals surface area contributed by atoms with Crippen LogP contribution in [0.2, 0.25) is 0 Å². The van der Waals surface area contributed by atoms with Crippen LogP contribution in [0.4, 0.5) is 5.69 Å². The Morgan fingerprint density at radius 2 is 1.57 bits per heavy atom. The zero-order valence-electron chi connectivity index (χ0n) is 25.4. The third-order valence-corrected chi connectivity index (χ3v) is 8.92. The number of rotatable bonds is 13. The quantitative estimate of drug-likeness (QED) is 0.303. The molecule has 2 atom stereocenters. The summed E-state index contributed by atoms with van der Waals surface area (Å²) in [5.74, 6) is 0.0150. The van der Waals surface area contributed by atoms with Gasteiger partial charge in [-0.05, 0) is 81.6 Å².